The number of nitrogens with zero attached hydrogens (tertiary/aromatic N) is 3. The lowest BCUT2D eigenvalue weighted by molar-refractivity contribution is -0.137. The lowest BCUT2D eigenvalue weighted by atomic mass is 10.2. The van der Waals surface area contributed by atoms with Crippen LogP contribution in [0.4, 0.5) is 4.39 Å². The summed E-state index contributed by atoms with van der Waals surface area (Å²) in [6, 6.07) is 8.17. The third kappa shape index (κ3) is 4.42. The number of fused-ring (bicyclic) bond motifs is 1. The summed E-state index contributed by atoms with van der Waals surface area (Å²) in [4.78, 5) is 31.2. The first-order chi connectivity index (χ1) is 14.4. The van der Waals surface area contributed by atoms with Gasteiger partial charge in [-0.15, -0.1) is 0 Å². The van der Waals surface area contributed by atoms with E-state index in [2.05, 4.69) is 10.3 Å². The number of carbonyl (C=O) groups excluding carboxylic acids is 2. The minimum atomic E-state index is -0.555. The van der Waals surface area contributed by atoms with E-state index < -0.39 is 5.82 Å². The summed E-state index contributed by atoms with van der Waals surface area (Å²) in [7, 11) is 0. The molecular formula is C21H19Cl2FN4O2. The van der Waals surface area contributed by atoms with Gasteiger partial charge in [0, 0.05) is 35.9 Å². The van der Waals surface area contributed by atoms with Crippen molar-refractivity contribution in [1.29, 1.82) is 0 Å². The summed E-state index contributed by atoms with van der Waals surface area (Å²) >= 11 is 11.9. The molecule has 1 N–H and O–H groups in total. The predicted molar refractivity (Wildman–Crippen MR) is 113 cm³/mol. The van der Waals surface area contributed by atoms with Gasteiger partial charge in [0.1, 0.15) is 18.0 Å². The molecule has 0 unspecified atom stereocenters. The molecule has 1 aromatic carbocycles. The molecule has 9 heteroatoms. The van der Waals surface area contributed by atoms with Crippen LogP contribution in [0.25, 0.3) is 11.0 Å². The normalized spacial score (nSPS) is 13.4. The summed E-state index contributed by atoms with van der Waals surface area (Å²) in [6.07, 6.45) is 5.07. The van der Waals surface area contributed by atoms with Gasteiger partial charge in [-0.25, -0.2) is 9.37 Å². The Morgan fingerprint density at radius 1 is 1.20 bits per heavy atom. The fourth-order valence-electron chi connectivity index (χ4n) is 3.32. The minimum Gasteiger partial charge on any atom is -0.350 e. The van der Waals surface area contributed by atoms with Crippen molar-refractivity contribution < 1.29 is 14.0 Å². The van der Waals surface area contributed by atoms with Gasteiger partial charge in [0.2, 0.25) is 11.8 Å². The van der Waals surface area contributed by atoms with Crippen LogP contribution in [-0.4, -0.2) is 38.9 Å². The number of nitrogens with one attached hydrogen (secondary N) is 1. The molecule has 30 heavy (non-hydrogen) atoms. The third-order valence-electron chi connectivity index (χ3n) is 5.04. The van der Waals surface area contributed by atoms with Crippen molar-refractivity contribution >= 4 is 46.0 Å². The van der Waals surface area contributed by atoms with Crippen LogP contribution in [0.15, 0.2) is 42.7 Å². The van der Waals surface area contributed by atoms with Crippen LogP contribution in [0.1, 0.15) is 18.4 Å². The van der Waals surface area contributed by atoms with Gasteiger partial charge in [-0.05, 0) is 31.0 Å². The fraction of sp³-hybridized carbons (Fsp3) is 0.286. The number of aromatic nitrogens is 2. The molecule has 6 nitrogen and oxygen atoms in total. The lowest BCUT2D eigenvalue weighted by Gasteiger charge is -2.22. The molecular weight excluding hydrogens is 430 g/mol. The first kappa shape index (κ1) is 20.6. The molecule has 0 atom stereocenters. The van der Waals surface area contributed by atoms with Crippen molar-refractivity contribution in [3.8, 4) is 0 Å². The first-order valence-corrected chi connectivity index (χ1v) is 10.3. The standard InChI is InChI=1S/C21H19Cl2FN4O2/c22-16-6-8-25-21-15(16)7-9-27(21)12-19(30)28(14-4-5-14)11-18(29)26-10-13-2-1-3-17(23)20(13)24/h1-3,6-9,14H,4-5,10-12H2,(H,26,29). The van der Waals surface area contributed by atoms with Crippen LogP contribution in [0.5, 0.6) is 0 Å². The highest BCUT2D eigenvalue weighted by molar-refractivity contribution is 6.35. The van der Waals surface area contributed by atoms with Crippen molar-refractivity contribution in [1.82, 2.24) is 19.8 Å². The maximum absolute atomic E-state index is 14.0. The lowest BCUT2D eigenvalue weighted by Crippen LogP contribution is -2.43. The molecule has 0 bridgehead atoms. The SMILES string of the molecule is O=C(CN(C(=O)Cn1ccc2c(Cl)ccnc21)C1CC1)NCc1cccc(Cl)c1F. The van der Waals surface area contributed by atoms with Gasteiger partial charge in [-0.2, -0.15) is 0 Å². The molecule has 0 radical (unpaired) electrons. The zero-order valence-electron chi connectivity index (χ0n) is 15.9. The average molecular weight is 449 g/mol. The Morgan fingerprint density at radius 3 is 2.77 bits per heavy atom. The highest BCUT2D eigenvalue weighted by Crippen LogP contribution is 2.28. The number of hydrogen-bond donors (Lipinski definition) is 1. The van der Waals surface area contributed by atoms with Gasteiger partial charge in [-0.1, -0.05) is 35.3 Å². The van der Waals surface area contributed by atoms with Crippen LogP contribution in [0.2, 0.25) is 10.0 Å². The number of rotatable bonds is 7. The largest absolute Gasteiger partial charge is 0.350 e. The number of carbonyl (C=O) groups is 2. The maximum atomic E-state index is 14.0. The molecule has 1 fully saturated rings. The van der Waals surface area contributed by atoms with E-state index in [1.54, 1.807) is 40.1 Å². The molecule has 1 saturated carbocycles. The summed E-state index contributed by atoms with van der Waals surface area (Å²) in [5.41, 5.74) is 0.911. The second-order valence-electron chi connectivity index (χ2n) is 7.22. The van der Waals surface area contributed by atoms with E-state index in [1.807, 2.05) is 6.07 Å². The number of pyridine rings is 1. The van der Waals surface area contributed by atoms with Gasteiger partial charge < -0.3 is 14.8 Å². The van der Waals surface area contributed by atoms with Crippen molar-refractivity contribution in [2.75, 3.05) is 6.54 Å². The van der Waals surface area contributed by atoms with Crippen LogP contribution in [-0.2, 0) is 22.7 Å². The van der Waals surface area contributed by atoms with Gasteiger partial charge in [0.25, 0.3) is 0 Å². The van der Waals surface area contributed by atoms with Crippen molar-refractivity contribution in [2.24, 2.45) is 0 Å². The summed E-state index contributed by atoms with van der Waals surface area (Å²) in [5, 5.41) is 4.00. The Balaban J connectivity index is 1.41. The Morgan fingerprint density at radius 2 is 2.00 bits per heavy atom. The number of halogens is 3. The number of hydrogen-bond acceptors (Lipinski definition) is 3. The predicted octanol–water partition coefficient (Wildman–Crippen LogP) is 3.79. The van der Waals surface area contributed by atoms with E-state index in [9.17, 15) is 14.0 Å². The third-order valence-corrected chi connectivity index (χ3v) is 5.67. The molecule has 0 spiro atoms. The summed E-state index contributed by atoms with van der Waals surface area (Å²) in [6.45, 7) is -0.0226. The molecule has 1 aliphatic rings. The highest BCUT2D eigenvalue weighted by atomic mass is 35.5. The van der Waals surface area contributed by atoms with Crippen LogP contribution >= 0.6 is 23.2 Å². The highest BCUT2D eigenvalue weighted by Gasteiger charge is 2.34. The molecule has 156 valence electrons. The molecule has 3 aromatic rings. The Hall–Kier alpha value is -2.64. The van der Waals surface area contributed by atoms with E-state index in [0.717, 1.165) is 18.2 Å². The molecule has 1 aliphatic carbocycles. The molecule has 2 amide bonds. The van der Waals surface area contributed by atoms with E-state index in [1.165, 1.54) is 6.07 Å². The molecule has 2 aromatic heterocycles. The van der Waals surface area contributed by atoms with Crippen molar-refractivity contribution in [3.63, 3.8) is 0 Å². The second-order valence-corrected chi connectivity index (χ2v) is 8.03. The van der Waals surface area contributed by atoms with Crippen LogP contribution in [0, 0.1) is 5.82 Å². The smallest absolute Gasteiger partial charge is 0.243 e. The monoisotopic (exact) mass is 448 g/mol. The topological polar surface area (TPSA) is 67.2 Å². The summed E-state index contributed by atoms with van der Waals surface area (Å²) in [5.74, 6) is -1.09. The zero-order chi connectivity index (χ0) is 21.3. The van der Waals surface area contributed by atoms with E-state index in [-0.39, 0.29) is 42.5 Å². The molecule has 2 heterocycles. The summed E-state index contributed by atoms with van der Waals surface area (Å²) < 4.78 is 15.7. The van der Waals surface area contributed by atoms with E-state index in [0.29, 0.717) is 16.2 Å². The quantitative estimate of drug-likeness (QED) is 0.597. The second kappa shape index (κ2) is 8.62. The van der Waals surface area contributed by atoms with Gasteiger partial charge in [0.05, 0.1) is 16.6 Å². The Labute approximate surface area is 182 Å². The van der Waals surface area contributed by atoms with Crippen molar-refractivity contribution in [2.45, 2.75) is 32.0 Å². The average Bonchev–Trinajstić information content (AvgIpc) is 3.48. The number of benzene rings is 1. The maximum Gasteiger partial charge on any atom is 0.243 e. The van der Waals surface area contributed by atoms with Gasteiger partial charge >= 0.3 is 0 Å². The first-order valence-electron chi connectivity index (χ1n) is 9.52. The van der Waals surface area contributed by atoms with Crippen LogP contribution in [0.3, 0.4) is 0 Å². The van der Waals surface area contributed by atoms with Gasteiger partial charge in [0.15, 0.2) is 0 Å². The molecule has 0 aliphatic heterocycles. The Bertz CT molecular complexity index is 1110. The zero-order valence-corrected chi connectivity index (χ0v) is 17.5. The van der Waals surface area contributed by atoms with Crippen molar-refractivity contribution in [3.05, 3.63) is 64.2 Å². The number of amides is 2. The molecule has 0 saturated heterocycles. The Kier molecular flexibility index (Phi) is 5.92. The van der Waals surface area contributed by atoms with Crippen LogP contribution < -0.4 is 5.32 Å². The van der Waals surface area contributed by atoms with E-state index >= 15 is 0 Å². The fourth-order valence-corrected chi connectivity index (χ4v) is 3.72. The molecule has 4 rings (SSSR count). The van der Waals surface area contributed by atoms with Gasteiger partial charge in [-0.3, -0.25) is 9.59 Å². The minimum absolute atomic E-state index is 0.00256. The van der Waals surface area contributed by atoms with E-state index in [4.69, 9.17) is 23.2 Å².